The maximum absolute atomic E-state index is 14.0. The third kappa shape index (κ3) is 4.27. The number of halogens is 2. The third-order valence-electron chi connectivity index (χ3n) is 8.20. The Hall–Kier alpha value is -1.96. The highest BCUT2D eigenvalue weighted by atomic mass is 35.5. The second-order valence-electron chi connectivity index (χ2n) is 10.0. The predicted molar refractivity (Wildman–Crippen MR) is 126 cm³/mol. The first-order valence-electron chi connectivity index (χ1n) is 12.1. The van der Waals surface area contributed by atoms with Crippen molar-refractivity contribution in [3.63, 3.8) is 0 Å². The summed E-state index contributed by atoms with van der Waals surface area (Å²) in [6.45, 7) is 2.56. The van der Waals surface area contributed by atoms with Crippen LogP contribution in [-0.4, -0.2) is 72.5 Å². The van der Waals surface area contributed by atoms with E-state index >= 15 is 0 Å². The van der Waals surface area contributed by atoms with Crippen LogP contribution < -0.4 is 16.1 Å². The fraction of sp³-hybridized carbons (Fsp3) is 0.667. The summed E-state index contributed by atoms with van der Waals surface area (Å²) < 4.78 is 19.5. The van der Waals surface area contributed by atoms with Crippen molar-refractivity contribution in [2.24, 2.45) is 5.92 Å². The van der Waals surface area contributed by atoms with E-state index in [0.717, 1.165) is 45.2 Å². The molecule has 1 saturated carbocycles. The summed E-state index contributed by atoms with van der Waals surface area (Å²) in [5, 5.41) is 18.3. The molecule has 5 rings (SSSR count). The van der Waals surface area contributed by atoms with Crippen LogP contribution in [0.15, 0.2) is 18.2 Å². The van der Waals surface area contributed by atoms with Crippen LogP contribution in [-0.2, 0) is 9.53 Å². The van der Waals surface area contributed by atoms with Gasteiger partial charge in [0, 0.05) is 50.1 Å². The van der Waals surface area contributed by atoms with E-state index < -0.39 is 12.0 Å². The number of hydrogen-bond donors (Lipinski definition) is 3. The number of piperidine rings is 1. The standard InChI is InChI=1S/C24H32ClFN6O2/c1-34-17-13-31(14-17)16-4-7-24(8-5-16,9-10-27)32-20-6-11-28-23(33)21(20)22(30-32)29-15-2-3-18(25)19(26)12-15/h2-3,12,16-17,20-22,29-30H,4-9,11,13-14H2,1H3,(H,28,33). The SMILES string of the molecule is COC1CN(C2CCC(CC#N)(N3NC(Nc4ccc(Cl)c(F)c4)C4C(=O)NCCC43)CC2)C1. The summed E-state index contributed by atoms with van der Waals surface area (Å²) in [4.78, 5) is 15.4. The molecule has 0 bridgehead atoms. The third-order valence-corrected chi connectivity index (χ3v) is 8.50. The quantitative estimate of drug-likeness (QED) is 0.564. The largest absolute Gasteiger partial charge is 0.379 e. The number of ether oxygens (including phenoxy) is 1. The molecule has 3 atom stereocenters. The lowest BCUT2D eigenvalue weighted by Crippen LogP contribution is -2.63. The second kappa shape index (κ2) is 9.59. The Morgan fingerprint density at radius 1 is 1.32 bits per heavy atom. The molecule has 1 aromatic rings. The predicted octanol–water partition coefficient (Wildman–Crippen LogP) is 2.47. The first kappa shape index (κ1) is 23.8. The first-order valence-corrected chi connectivity index (χ1v) is 12.5. The number of likely N-dealkylation sites (tertiary alicyclic amines) is 1. The molecule has 4 aliphatic rings. The highest BCUT2D eigenvalue weighted by Crippen LogP contribution is 2.44. The maximum atomic E-state index is 14.0. The Labute approximate surface area is 204 Å². The van der Waals surface area contributed by atoms with Gasteiger partial charge in [0.05, 0.1) is 29.5 Å². The van der Waals surface area contributed by atoms with Gasteiger partial charge in [0.25, 0.3) is 0 Å². The summed E-state index contributed by atoms with van der Waals surface area (Å²) in [6, 6.07) is 7.47. The smallest absolute Gasteiger partial charge is 0.228 e. The maximum Gasteiger partial charge on any atom is 0.228 e. The van der Waals surface area contributed by atoms with Crippen molar-refractivity contribution >= 4 is 23.2 Å². The Morgan fingerprint density at radius 3 is 2.76 bits per heavy atom. The zero-order valence-corrected chi connectivity index (χ0v) is 20.2. The number of nitriles is 1. The summed E-state index contributed by atoms with van der Waals surface area (Å²) in [5.41, 5.74) is 3.77. The van der Waals surface area contributed by atoms with Crippen LogP contribution in [0, 0.1) is 23.1 Å². The minimum Gasteiger partial charge on any atom is -0.379 e. The second-order valence-corrected chi connectivity index (χ2v) is 10.4. The zero-order valence-electron chi connectivity index (χ0n) is 19.4. The van der Waals surface area contributed by atoms with Crippen molar-refractivity contribution in [3.8, 4) is 6.07 Å². The number of rotatable bonds is 6. The topological polar surface area (TPSA) is 92.7 Å². The molecule has 4 fully saturated rings. The zero-order chi connectivity index (χ0) is 23.9. The van der Waals surface area contributed by atoms with Crippen LogP contribution in [0.4, 0.5) is 10.1 Å². The minimum atomic E-state index is -0.507. The number of nitrogens with one attached hydrogen (secondary N) is 3. The van der Waals surface area contributed by atoms with Crippen LogP contribution in [0.3, 0.4) is 0 Å². The number of hydrazine groups is 1. The van der Waals surface area contributed by atoms with E-state index in [1.807, 2.05) is 0 Å². The first-order chi connectivity index (χ1) is 16.4. The van der Waals surface area contributed by atoms with Gasteiger partial charge in [0.15, 0.2) is 0 Å². The molecular weight excluding hydrogens is 459 g/mol. The van der Waals surface area contributed by atoms with Crippen molar-refractivity contribution in [2.75, 3.05) is 32.1 Å². The molecule has 10 heteroatoms. The van der Waals surface area contributed by atoms with E-state index in [1.54, 1.807) is 13.2 Å². The summed E-state index contributed by atoms with van der Waals surface area (Å²) in [7, 11) is 1.76. The van der Waals surface area contributed by atoms with Gasteiger partial charge in [-0.25, -0.2) is 14.8 Å². The Balaban J connectivity index is 1.35. The van der Waals surface area contributed by atoms with Gasteiger partial charge >= 0.3 is 0 Å². The Kier molecular flexibility index (Phi) is 6.70. The van der Waals surface area contributed by atoms with Crippen molar-refractivity contribution in [1.82, 2.24) is 20.7 Å². The fourth-order valence-electron chi connectivity index (χ4n) is 6.25. The molecule has 8 nitrogen and oxygen atoms in total. The number of hydrogen-bond acceptors (Lipinski definition) is 7. The molecule has 3 unspecified atom stereocenters. The van der Waals surface area contributed by atoms with E-state index in [2.05, 4.69) is 32.0 Å². The molecule has 0 aromatic heterocycles. The number of methoxy groups -OCH3 is 1. The molecule has 34 heavy (non-hydrogen) atoms. The number of fused-ring (bicyclic) bond motifs is 1. The monoisotopic (exact) mass is 490 g/mol. The van der Waals surface area contributed by atoms with Gasteiger partial charge < -0.3 is 15.4 Å². The lowest BCUT2D eigenvalue weighted by atomic mass is 9.74. The van der Waals surface area contributed by atoms with Gasteiger partial charge in [0.2, 0.25) is 5.91 Å². The number of benzene rings is 1. The number of carbonyl (C=O) groups is 1. The van der Waals surface area contributed by atoms with Crippen molar-refractivity contribution in [2.45, 2.75) is 68.4 Å². The van der Waals surface area contributed by atoms with E-state index in [1.165, 1.54) is 12.1 Å². The van der Waals surface area contributed by atoms with Gasteiger partial charge in [-0.15, -0.1) is 0 Å². The van der Waals surface area contributed by atoms with E-state index in [4.69, 9.17) is 16.3 Å². The van der Waals surface area contributed by atoms with Crippen molar-refractivity contribution in [1.29, 1.82) is 5.26 Å². The molecule has 0 spiro atoms. The van der Waals surface area contributed by atoms with Crippen LogP contribution in [0.1, 0.15) is 38.5 Å². The fourth-order valence-corrected chi connectivity index (χ4v) is 6.37. The lowest BCUT2D eigenvalue weighted by Gasteiger charge is -2.52. The summed E-state index contributed by atoms with van der Waals surface area (Å²) in [6.07, 6.45) is 4.93. The normalized spacial score (nSPS) is 34.7. The molecule has 3 saturated heterocycles. The minimum absolute atomic E-state index is 0.0230. The summed E-state index contributed by atoms with van der Waals surface area (Å²) >= 11 is 5.84. The molecule has 0 radical (unpaired) electrons. The molecular formula is C24H32ClFN6O2. The van der Waals surface area contributed by atoms with Crippen LogP contribution in [0.5, 0.6) is 0 Å². The molecule has 3 aliphatic heterocycles. The molecule has 3 heterocycles. The average molecular weight is 491 g/mol. The van der Waals surface area contributed by atoms with E-state index in [-0.39, 0.29) is 28.4 Å². The number of amides is 1. The number of carbonyl (C=O) groups excluding carboxylic acids is 1. The number of anilines is 1. The average Bonchev–Trinajstić information content (AvgIpc) is 3.17. The van der Waals surface area contributed by atoms with Gasteiger partial charge in [-0.3, -0.25) is 9.69 Å². The number of nitrogens with zero attached hydrogens (tertiary/aromatic N) is 3. The highest BCUT2D eigenvalue weighted by Gasteiger charge is 2.55. The molecule has 1 amide bonds. The molecule has 1 aromatic carbocycles. The lowest BCUT2D eigenvalue weighted by molar-refractivity contribution is -0.129. The van der Waals surface area contributed by atoms with Crippen LogP contribution in [0.2, 0.25) is 5.02 Å². The van der Waals surface area contributed by atoms with Crippen LogP contribution in [0.25, 0.3) is 0 Å². The summed E-state index contributed by atoms with van der Waals surface area (Å²) in [5.74, 6) is -0.879. The van der Waals surface area contributed by atoms with E-state index in [0.29, 0.717) is 30.8 Å². The van der Waals surface area contributed by atoms with Crippen molar-refractivity contribution < 1.29 is 13.9 Å². The van der Waals surface area contributed by atoms with Gasteiger partial charge in [-0.1, -0.05) is 11.6 Å². The van der Waals surface area contributed by atoms with Crippen molar-refractivity contribution in [3.05, 3.63) is 29.0 Å². The highest BCUT2D eigenvalue weighted by molar-refractivity contribution is 6.30. The van der Waals surface area contributed by atoms with Gasteiger partial charge in [-0.2, -0.15) is 5.26 Å². The molecule has 184 valence electrons. The molecule has 3 N–H and O–H groups in total. The van der Waals surface area contributed by atoms with Gasteiger partial charge in [-0.05, 0) is 50.3 Å². The van der Waals surface area contributed by atoms with Crippen LogP contribution >= 0.6 is 11.6 Å². The van der Waals surface area contributed by atoms with E-state index in [9.17, 15) is 14.4 Å². The Morgan fingerprint density at radius 2 is 2.09 bits per heavy atom. The molecule has 1 aliphatic carbocycles. The van der Waals surface area contributed by atoms with Gasteiger partial charge in [0.1, 0.15) is 12.0 Å². The Bertz CT molecular complexity index is 959.